The van der Waals surface area contributed by atoms with Gasteiger partial charge in [0.2, 0.25) is 0 Å². The van der Waals surface area contributed by atoms with Gasteiger partial charge in [0, 0.05) is 28.2 Å². The predicted octanol–water partition coefficient (Wildman–Crippen LogP) is 3.81. The van der Waals surface area contributed by atoms with Gasteiger partial charge in [-0.2, -0.15) is 0 Å². The highest BCUT2D eigenvalue weighted by Gasteiger charge is 2.40. The third-order valence-electron chi connectivity index (χ3n) is 4.41. The molecule has 4 rings (SSSR count). The number of aryl methyl sites for hydroxylation is 1. The highest BCUT2D eigenvalue weighted by Crippen LogP contribution is 2.44. The lowest BCUT2D eigenvalue weighted by Crippen LogP contribution is -2.36. The number of hydrogen-bond acceptors (Lipinski definition) is 7. The zero-order chi connectivity index (χ0) is 20.1. The molecule has 2 aromatic heterocycles. The van der Waals surface area contributed by atoms with Crippen molar-refractivity contribution in [3.05, 3.63) is 45.9 Å². The molecule has 3 heterocycles. The molecule has 1 aromatic carbocycles. The largest absolute Gasteiger partial charge is 0.504 e. The van der Waals surface area contributed by atoms with Gasteiger partial charge in [0.1, 0.15) is 4.90 Å². The molecule has 10 heteroatoms. The lowest BCUT2D eigenvalue weighted by atomic mass is 10.2. The summed E-state index contributed by atoms with van der Waals surface area (Å²) in [6.07, 6.45) is 3.49. The Morgan fingerprint density at radius 2 is 2.04 bits per heavy atom. The second-order valence-corrected chi connectivity index (χ2v) is 10.3. The molecule has 1 amide bonds. The number of carbonyl (C=O) groups is 1. The molecular formula is C18H17N3O4S3. The van der Waals surface area contributed by atoms with Crippen LogP contribution in [0.3, 0.4) is 0 Å². The molecule has 1 aliphatic heterocycles. The molecule has 2 N–H and O–H groups in total. The van der Waals surface area contributed by atoms with Gasteiger partial charge < -0.3 is 5.11 Å². The summed E-state index contributed by atoms with van der Waals surface area (Å²) in [5.74, 6) is -1.07. The molecule has 0 fully saturated rings. The first-order chi connectivity index (χ1) is 13.3. The zero-order valence-corrected chi connectivity index (χ0v) is 17.5. The lowest BCUT2D eigenvalue weighted by molar-refractivity contribution is -0.113. The van der Waals surface area contributed by atoms with E-state index in [1.165, 1.54) is 18.4 Å². The van der Waals surface area contributed by atoms with Gasteiger partial charge in [0.05, 0.1) is 4.88 Å². The van der Waals surface area contributed by atoms with Crippen LogP contribution in [0.2, 0.25) is 0 Å². The van der Waals surface area contributed by atoms with E-state index in [9.17, 15) is 18.3 Å². The molecule has 3 aromatic rings. The molecular weight excluding hydrogens is 418 g/mol. The molecule has 0 unspecified atom stereocenters. The molecule has 0 radical (unpaired) electrons. The number of thiophene rings is 1. The first kappa shape index (κ1) is 18.9. The van der Waals surface area contributed by atoms with E-state index in [1.54, 1.807) is 30.5 Å². The topological polar surface area (TPSA) is 99.6 Å². The smallest absolute Gasteiger partial charge is 0.278 e. The molecule has 0 aliphatic carbocycles. The number of nitrogens with one attached hydrogen (secondary N) is 1. The number of anilines is 1. The average Bonchev–Trinajstić information content (AvgIpc) is 3.25. The molecule has 0 saturated carbocycles. The number of benzene rings is 1. The predicted molar refractivity (Wildman–Crippen MR) is 111 cm³/mol. The number of hydrogen-bond donors (Lipinski definition) is 2. The van der Waals surface area contributed by atoms with Crippen LogP contribution in [0.25, 0.3) is 15.8 Å². The standard InChI is InChI=1S/C18H17N3O4S3/c1-3-6-10-9-19-18(26-10)20-17(23)13-14(22)15-16(28(24,25)21(13)2)11-7-4-5-8-12(11)27-15/h4-5,7-9,22H,3,6H2,1-2H3,(H,19,20,23). The number of aliphatic hydroxyl groups is 1. The van der Waals surface area contributed by atoms with Crippen LogP contribution in [-0.2, 0) is 21.2 Å². The first-order valence-electron chi connectivity index (χ1n) is 8.54. The van der Waals surface area contributed by atoms with Gasteiger partial charge >= 0.3 is 0 Å². The van der Waals surface area contributed by atoms with Gasteiger partial charge in [-0.1, -0.05) is 31.5 Å². The van der Waals surface area contributed by atoms with E-state index in [-0.39, 0.29) is 21.2 Å². The van der Waals surface area contributed by atoms with Crippen LogP contribution in [0.1, 0.15) is 23.1 Å². The average molecular weight is 436 g/mol. The minimum absolute atomic E-state index is 0.0316. The first-order valence-corrected chi connectivity index (χ1v) is 11.6. The maximum Gasteiger partial charge on any atom is 0.278 e. The summed E-state index contributed by atoms with van der Waals surface area (Å²) in [6, 6.07) is 7.01. The Kier molecular flexibility index (Phi) is 4.64. The number of carbonyl (C=O) groups excluding carboxylic acids is 1. The Bertz CT molecular complexity index is 1220. The summed E-state index contributed by atoms with van der Waals surface area (Å²) in [6.45, 7) is 2.05. The van der Waals surface area contributed by atoms with Gasteiger partial charge in [-0.15, -0.1) is 22.7 Å². The number of thiazole rings is 1. The van der Waals surface area contributed by atoms with E-state index in [1.807, 2.05) is 6.92 Å². The molecule has 1 aliphatic rings. The van der Waals surface area contributed by atoms with Crippen LogP contribution in [-0.4, -0.2) is 35.8 Å². The van der Waals surface area contributed by atoms with Gasteiger partial charge in [-0.3, -0.25) is 14.4 Å². The van der Waals surface area contributed by atoms with Gasteiger partial charge in [0.25, 0.3) is 15.9 Å². The van der Waals surface area contributed by atoms with Crippen molar-refractivity contribution in [1.82, 2.24) is 9.29 Å². The number of nitrogens with zero attached hydrogens (tertiary/aromatic N) is 2. The van der Waals surface area contributed by atoms with Crippen LogP contribution >= 0.6 is 22.7 Å². The van der Waals surface area contributed by atoms with E-state index in [0.29, 0.717) is 10.5 Å². The summed E-state index contributed by atoms with van der Waals surface area (Å²) >= 11 is 2.47. The van der Waals surface area contributed by atoms with Gasteiger partial charge in [0.15, 0.2) is 16.6 Å². The number of aromatic nitrogens is 1. The van der Waals surface area contributed by atoms with Crippen molar-refractivity contribution >= 4 is 59.6 Å². The number of amides is 1. The second-order valence-electron chi connectivity index (χ2n) is 6.26. The summed E-state index contributed by atoms with van der Waals surface area (Å²) < 4.78 is 27.7. The second kappa shape index (κ2) is 6.87. The fourth-order valence-corrected chi connectivity index (χ4v) is 7.01. The molecule has 0 spiro atoms. The zero-order valence-electron chi connectivity index (χ0n) is 15.1. The number of fused-ring (bicyclic) bond motifs is 3. The summed E-state index contributed by atoms with van der Waals surface area (Å²) in [5.41, 5.74) is -0.314. The Hall–Kier alpha value is -2.43. The monoisotopic (exact) mass is 435 g/mol. The number of aliphatic hydroxyl groups excluding tert-OH is 1. The Labute approximate surface area is 170 Å². The van der Waals surface area contributed by atoms with Crippen LogP contribution in [0.4, 0.5) is 5.13 Å². The van der Waals surface area contributed by atoms with Crippen molar-refractivity contribution in [3.8, 4) is 0 Å². The minimum atomic E-state index is -3.98. The van der Waals surface area contributed by atoms with Crippen LogP contribution < -0.4 is 5.32 Å². The van der Waals surface area contributed by atoms with E-state index < -0.39 is 15.9 Å². The fourth-order valence-electron chi connectivity index (χ4n) is 3.08. The van der Waals surface area contributed by atoms with Gasteiger partial charge in [-0.05, 0) is 12.5 Å². The highest BCUT2D eigenvalue weighted by atomic mass is 32.2. The third-order valence-corrected chi connectivity index (χ3v) is 8.53. The SMILES string of the molecule is CCCc1cnc(NC(=O)C2=C(O)c3sc4ccccc4c3S(=O)(=O)N2C)s1. The van der Waals surface area contributed by atoms with Crippen molar-refractivity contribution in [2.24, 2.45) is 0 Å². The van der Waals surface area contributed by atoms with Crippen molar-refractivity contribution in [3.63, 3.8) is 0 Å². The fraction of sp³-hybridized carbons (Fsp3) is 0.222. The molecule has 7 nitrogen and oxygen atoms in total. The number of likely N-dealkylation sites (N-methyl/N-ethyl adjacent to an activating group) is 1. The maximum absolute atomic E-state index is 13.1. The highest BCUT2D eigenvalue weighted by molar-refractivity contribution is 7.89. The van der Waals surface area contributed by atoms with Gasteiger partial charge in [-0.25, -0.2) is 13.4 Å². The normalized spacial score (nSPS) is 15.7. The molecule has 0 bridgehead atoms. The molecule has 0 saturated heterocycles. The maximum atomic E-state index is 13.1. The Morgan fingerprint density at radius 1 is 1.29 bits per heavy atom. The van der Waals surface area contributed by atoms with Crippen LogP contribution in [0, 0.1) is 0 Å². The molecule has 28 heavy (non-hydrogen) atoms. The van der Waals surface area contributed by atoms with E-state index in [2.05, 4.69) is 10.3 Å². The number of rotatable bonds is 4. The van der Waals surface area contributed by atoms with Crippen molar-refractivity contribution < 1.29 is 18.3 Å². The Morgan fingerprint density at radius 3 is 2.79 bits per heavy atom. The van der Waals surface area contributed by atoms with Crippen LogP contribution in [0.5, 0.6) is 0 Å². The Balaban J connectivity index is 1.79. The molecule has 0 atom stereocenters. The van der Waals surface area contributed by atoms with Crippen molar-refractivity contribution in [2.75, 3.05) is 12.4 Å². The number of sulfonamides is 1. The molecule has 146 valence electrons. The van der Waals surface area contributed by atoms with Crippen molar-refractivity contribution in [1.29, 1.82) is 0 Å². The van der Waals surface area contributed by atoms with Crippen LogP contribution in [0.15, 0.2) is 41.1 Å². The lowest BCUT2D eigenvalue weighted by Gasteiger charge is -2.26. The van der Waals surface area contributed by atoms with E-state index >= 15 is 0 Å². The van der Waals surface area contributed by atoms with E-state index in [0.717, 1.165) is 38.1 Å². The summed E-state index contributed by atoms with van der Waals surface area (Å²) in [5, 5.41) is 14.3. The minimum Gasteiger partial charge on any atom is -0.504 e. The summed E-state index contributed by atoms with van der Waals surface area (Å²) in [4.78, 5) is 18.2. The summed E-state index contributed by atoms with van der Waals surface area (Å²) in [7, 11) is -2.71. The quantitative estimate of drug-likeness (QED) is 0.649. The third kappa shape index (κ3) is 2.88. The van der Waals surface area contributed by atoms with E-state index in [4.69, 9.17) is 0 Å². The van der Waals surface area contributed by atoms with Crippen molar-refractivity contribution in [2.45, 2.75) is 24.7 Å².